The summed E-state index contributed by atoms with van der Waals surface area (Å²) in [7, 11) is 0. The van der Waals surface area contributed by atoms with Gasteiger partial charge in [0.25, 0.3) is 0 Å². The zero-order valence-electron chi connectivity index (χ0n) is 12.8. The Kier molecular flexibility index (Phi) is 4.19. The smallest absolute Gasteiger partial charge is 0.417 e. The normalized spacial score (nSPS) is 11.9. The van der Waals surface area contributed by atoms with Crippen molar-refractivity contribution in [1.29, 1.82) is 0 Å². The van der Waals surface area contributed by atoms with Crippen LogP contribution in [0.5, 0.6) is 5.75 Å². The van der Waals surface area contributed by atoms with E-state index in [4.69, 9.17) is 4.74 Å². The SMILES string of the molecule is CCOc1ccccc1-c1nc2ccc(C(F)(F)F)cn2c1CO. The van der Waals surface area contributed by atoms with Crippen LogP contribution in [0.1, 0.15) is 18.2 Å². The number of aromatic nitrogens is 2. The summed E-state index contributed by atoms with van der Waals surface area (Å²) in [6, 6.07) is 9.35. The Bertz CT molecular complexity index is 872. The number of nitrogens with zero attached hydrogens (tertiary/aromatic N) is 2. The van der Waals surface area contributed by atoms with Crippen molar-refractivity contribution in [2.75, 3.05) is 6.61 Å². The molecule has 0 bridgehead atoms. The molecule has 2 heterocycles. The van der Waals surface area contributed by atoms with Crippen LogP contribution in [-0.2, 0) is 12.8 Å². The number of rotatable bonds is 4. The maximum Gasteiger partial charge on any atom is 0.417 e. The molecule has 0 aliphatic rings. The molecule has 7 heteroatoms. The highest BCUT2D eigenvalue weighted by Crippen LogP contribution is 2.34. The minimum Gasteiger partial charge on any atom is -0.493 e. The van der Waals surface area contributed by atoms with Crippen molar-refractivity contribution in [3.63, 3.8) is 0 Å². The number of imidazole rings is 1. The van der Waals surface area contributed by atoms with Crippen molar-refractivity contribution in [3.8, 4) is 17.0 Å². The van der Waals surface area contributed by atoms with E-state index >= 15 is 0 Å². The predicted molar refractivity (Wildman–Crippen MR) is 82.7 cm³/mol. The van der Waals surface area contributed by atoms with Crippen molar-refractivity contribution in [2.45, 2.75) is 19.7 Å². The highest BCUT2D eigenvalue weighted by molar-refractivity contribution is 5.72. The topological polar surface area (TPSA) is 46.8 Å². The molecule has 0 aliphatic carbocycles. The Hall–Kier alpha value is -2.54. The van der Waals surface area contributed by atoms with Crippen LogP contribution in [0.3, 0.4) is 0 Å². The van der Waals surface area contributed by atoms with E-state index in [0.29, 0.717) is 29.3 Å². The first-order valence-corrected chi connectivity index (χ1v) is 7.37. The van der Waals surface area contributed by atoms with E-state index in [-0.39, 0.29) is 5.69 Å². The van der Waals surface area contributed by atoms with Crippen molar-refractivity contribution in [3.05, 3.63) is 53.9 Å². The molecule has 1 aromatic carbocycles. The number of para-hydroxylation sites is 1. The highest BCUT2D eigenvalue weighted by atomic mass is 19.4. The molecule has 0 saturated carbocycles. The number of halogens is 3. The van der Waals surface area contributed by atoms with E-state index in [1.807, 2.05) is 6.92 Å². The average Bonchev–Trinajstić information content (AvgIpc) is 2.92. The molecular formula is C17H15F3N2O2. The van der Waals surface area contributed by atoms with E-state index in [9.17, 15) is 18.3 Å². The van der Waals surface area contributed by atoms with E-state index < -0.39 is 18.3 Å². The number of hydrogen-bond acceptors (Lipinski definition) is 3. The maximum absolute atomic E-state index is 12.9. The van der Waals surface area contributed by atoms with Crippen LogP contribution >= 0.6 is 0 Å². The van der Waals surface area contributed by atoms with Gasteiger partial charge in [0.2, 0.25) is 0 Å². The van der Waals surface area contributed by atoms with Crippen LogP contribution in [0.4, 0.5) is 13.2 Å². The molecule has 3 rings (SSSR count). The molecule has 0 amide bonds. The molecule has 3 aromatic rings. The number of fused-ring (bicyclic) bond motifs is 1. The fourth-order valence-electron chi connectivity index (χ4n) is 2.57. The van der Waals surface area contributed by atoms with E-state index in [0.717, 1.165) is 12.3 Å². The monoisotopic (exact) mass is 336 g/mol. The second kappa shape index (κ2) is 6.16. The molecule has 126 valence electrons. The quantitative estimate of drug-likeness (QED) is 0.786. The van der Waals surface area contributed by atoms with Crippen LogP contribution in [0.2, 0.25) is 0 Å². The summed E-state index contributed by atoms with van der Waals surface area (Å²) < 4.78 is 45.6. The number of alkyl halides is 3. The van der Waals surface area contributed by atoms with Gasteiger partial charge in [0.1, 0.15) is 11.4 Å². The van der Waals surface area contributed by atoms with Gasteiger partial charge in [0.05, 0.1) is 30.2 Å². The van der Waals surface area contributed by atoms with Gasteiger partial charge >= 0.3 is 6.18 Å². The average molecular weight is 336 g/mol. The largest absolute Gasteiger partial charge is 0.493 e. The lowest BCUT2D eigenvalue weighted by Crippen LogP contribution is -2.07. The summed E-state index contributed by atoms with van der Waals surface area (Å²) in [6.07, 6.45) is -3.52. The number of aliphatic hydroxyl groups excluding tert-OH is 1. The summed E-state index contributed by atoms with van der Waals surface area (Å²) >= 11 is 0. The number of benzene rings is 1. The Morgan fingerprint density at radius 3 is 2.58 bits per heavy atom. The Labute approximate surface area is 136 Å². The molecule has 0 fully saturated rings. The van der Waals surface area contributed by atoms with Gasteiger partial charge in [0.15, 0.2) is 0 Å². The van der Waals surface area contributed by atoms with Gasteiger partial charge in [-0.1, -0.05) is 12.1 Å². The van der Waals surface area contributed by atoms with Crippen LogP contribution < -0.4 is 4.74 Å². The summed E-state index contributed by atoms with van der Waals surface area (Å²) in [4.78, 5) is 4.38. The standard InChI is InChI=1S/C17H15F3N2O2/c1-2-24-14-6-4-3-5-12(14)16-13(10-23)22-9-11(17(18,19)20)7-8-15(22)21-16/h3-9,23H,2,10H2,1H3. The molecule has 0 aliphatic heterocycles. The first-order chi connectivity index (χ1) is 11.5. The van der Waals surface area contributed by atoms with Crippen LogP contribution in [0.25, 0.3) is 16.9 Å². The van der Waals surface area contributed by atoms with E-state index in [1.165, 1.54) is 10.5 Å². The van der Waals surface area contributed by atoms with Crippen molar-refractivity contribution in [1.82, 2.24) is 9.38 Å². The van der Waals surface area contributed by atoms with Gasteiger partial charge in [-0.2, -0.15) is 13.2 Å². The number of aliphatic hydroxyl groups is 1. The van der Waals surface area contributed by atoms with E-state index in [1.54, 1.807) is 24.3 Å². The third kappa shape index (κ3) is 2.82. The predicted octanol–water partition coefficient (Wildman–Crippen LogP) is 3.91. The molecule has 24 heavy (non-hydrogen) atoms. The molecule has 1 N–H and O–H groups in total. The lowest BCUT2D eigenvalue weighted by atomic mass is 10.1. The Morgan fingerprint density at radius 1 is 1.17 bits per heavy atom. The second-order valence-corrected chi connectivity index (χ2v) is 5.14. The van der Waals surface area contributed by atoms with Crippen molar-refractivity contribution < 1.29 is 23.0 Å². The van der Waals surface area contributed by atoms with Gasteiger partial charge < -0.3 is 14.2 Å². The molecular weight excluding hydrogens is 321 g/mol. The minimum absolute atomic E-state index is 0.281. The highest BCUT2D eigenvalue weighted by Gasteiger charge is 2.31. The van der Waals surface area contributed by atoms with Gasteiger partial charge in [-0.25, -0.2) is 4.98 Å². The molecule has 0 spiro atoms. The van der Waals surface area contributed by atoms with Gasteiger partial charge in [0, 0.05) is 11.8 Å². The molecule has 0 atom stereocenters. The van der Waals surface area contributed by atoms with Crippen LogP contribution in [-0.4, -0.2) is 21.1 Å². The zero-order valence-corrected chi connectivity index (χ0v) is 12.8. The summed E-state index contributed by atoms with van der Waals surface area (Å²) in [5, 5.41) is 9.70. The third-order valence-corrected chi connectivity index (χ3v) is 3.64. The van der Waals surface area contributed by atoms with E-state index in [2.05, 4.69) is 4.98 Å². The van der Waals surface area contributed by atoms with Gasteiger partial charge in [-0.15, -0.1) is 0 Å². The second-order valence-electron chi connectivity index (χ2n) is 5.14. The number of ether oxygens (including phenoxy) is 1. The fourth-order valence-corrected chi connectivity index (χ4v) is 2.57. The lowest BCUT2D eigenvalue weighted by molar-refractivity contribution is -0.137. The third-order valence-electron chi connectivity index (χ3n) is 3.64. The molecule has 4 nitrogen and oxygen atoms in total. The zero-order chi connectivity index (χ0) is 17.3. The van der Waals surface area contributed by atoms with Crippen molar-refractivity contribution >= 4 is 5.65 Å². The first kappa shape index (κ1) is 16.3. The first-order valence-electron chi connectivity index (χ1n) is 7.37. The fraction of sp³-hybridized carbons (Fsp3) is 0.235. The summed E-state index contributed by atoms with van der Waals surface area (Å²) in [6.45, 7) is 1.83. The molecule has 0 radical (unpaired) electrons. The lowest BCUT2D eigenvalue weighted by Gasteiger charge is -2.10. The summed E-state index contributed by atoms with van der Waals surface area (Å²) in [5.41, 5.74) is 0.838. The maximum atomic E-state index is 12.9. The van der Waals surface area contributed by atoms with Gasteiger partial charge in [-0.3, -0.25) is 0 Å². The number of pyridine rings is 1. The Balaban J connectivity index is 2.23. The number of hydrogen-bond donors (Lipinski definition) is 1. The van der Waals surface area contributed by atoms with Gasteiger partial charge in [-0.05, 0) is 31.2 Å². The molecule has 2 aromatic heterocycles. The Morgan fingerprint density at radius 2 is 1.92 bits per heavy atom. The van der Waals surface area contributed by atoms with Crippen molar-refractivity contribution in [2.24, 2.45) is 0 Å². The van der Waals surface area contributed by atoms with Crippen LogP contribution in [0, 0.1) is 0 Å². The van der Waals surface area contributed by atoms with Crippen LogP contribution in [0.15, 0.2) is 42.6 Å². The molecule has 0 unspecified atom stereocenters. The minimum atomic E-state index is -4.46. The molecule has 0 saturated heterocycles. The summed E-state index contributed by atoms with van der Waals surface area (Å²) in [5.74, 6) is 0.564.